The molecule has 1 saturated heterocycles. The van der Waals surface area contributed by atoms with Gasteiger partial charge in [-0.15, -0.1) is 0 Å². The lowest BCUT2D eigenvalue weighted by Crippen LogP contribution is -2.58. The first kappa shape index (κ1) is 14.9. The summed E-state index contributed by atoms with van der Waals surface area (Å²) in [7, 11) is 0. The molecule has 3 fully saturated rings. The highest BCUT2D eigenvalue weighted by Crippen LogP contribution is 2.70. The minimum Gasteiger partial charge on any atom is -0.454 e. The van der Waals surface area contributed by atoms with Crippen molar-refractivity contribution >= 4 is 11.8 Å². The van der Waals surface area contributed by atoms with E-state index in [1.54, 1.807) is 6.08 Å². The van der Waals surface area contributed by atoms with Crippen LogP contribution in [0.3, 0.4) is 0 Å². The summed E-state index contributed by atoms with van der Waals surface area (Å²) in [6.07, 6.45) is 6.62. The fourth-order valence-electron chi connectivity index (χ4n) is 6.45. The molecule has 0 unspecified atom stereocenters. The van der Waals surface area contributed by atoms with Gasteiger partial charge in [-0.05, 0) is 43.6 Å². The highest BCUT2D eigenvalue weighted by molar-refractivity contribution is 5.96. The predicted molar refractivity (Wildman–Crippen MR) is 87.1 cm³/mol. The standard InChI is InChI=1S/C20H24O4/c1-10-15-11(23-17(10)22)9-13-19(4)7-6-14(21)18(2,3)12(19)5-8-20(13)16(15)24-20/h6-7,11-13,16H,5,8-9H2,1-4H3/t11-,12+,13-,16+,19+,20-/m0/s1. The van der Waals surface area contributed by atoms with Gasteiger partial charge in [-0.3, -0.25) is 4.79 Å². The number of hydrogen-bond acceptors (Lipinski definition) is 4. The lowest BCUT2D eigenvalue weighted by atomic mass is 9.46. The van der Waals surface area contributed by atoms with Gasteiger partial charge in [0.1, 0.15) is 17.8 Å². The predicted octanol–water partition coefficient (Wildman–Crippen LogP) is 2.97. The summed E-state index contributed by atoms with van der Waals surface area (Å²) in [6, 6.07) is 0. The lowest BCUT2D eigenvalue weighted by Gasteiger charge is -2.57. The van der Waals surface area contributed by atoms with Gasteiger partial charge in [-0.2, -0.15) is 0 Å². The Bertz CT molecular complexity index is 745. The number of epoxide rings is 1. The summed E-state index contributed by atoms with van der Waals surface area (Å²) >= 11 is 0. The number of fused-ring (bicyclic) bond motifs is 4. The highest BCUT2D eigenvalue weighted by atomic mass is 16.6. The number of ether oxygens (including phenoxy) is 2. The third kappa shape index (κ3) is 1.46. The van der Waals surface area contributed by atoms with Crippen LogP contribution in [0.2, 0.25) is 0 Å². The quantitative estimate of drug-likeness (QED) is 0.507. The zero-order valence-electron chi connectivity index (χ0n) is 14.7. The third-order valence-corrected chi connectivity index (χ3v) is 7.81. The molecule has 5 rings (SSSR count). The maximum absolute atomic E-state index is 12.4. The van der Waals surface area contributed by atoms with Crippen molar-refractivity contribution in [3.63, 3.8) is 0 Å². The number of carbonyl (C=O) groups excluding carboxylic acids is 2. The van der Waals surface area contributed by atoms with Crippen molar-refractivity contribution in [3.05, 3.63) is 23.3 Å². The topological polar surface area (TPSA) is 55.9 Å². The molecule has 0 bridgehead atoms. The van der Waals surface area contributed by atoms with Crippen molar-refractivity contribution in [2.75, 3.05) is 0 Å². The number of carbonyl (C=O) groups is 2. The van der Waals surface area contributed by atoms with E-state index in [1.165, 1.54) is 0 Å². The van der Waals surface area contributed by atoms with E-state index in [-0.39, 0.29) is 40.4 Å². The second-order valence-electron chi connectivity index (χ2n) is 9.09. The Labute approximate surface area is 142 Å². The molecule has 2 heterocycles. The number of rotatable bonds is 0. The van der Waals surface area contributed by atoms with E-state index in [9.17, 15) is 9.59 Å². The van der Waals surface area contributed by atoms with Gasteiger partial charge in [0, 0.05) is 22.5 Å². The minimum absolute atomic E-state index is 0.0413. The van der Waals surface area contributed by atoms with Crippen molar-refractivity contribution in [2.24, 2.45) is 22.7 Å². The molecule has 1 spiro atoms. The van der Waals surface area contributed by atoms with Gasteiger partial charge in [0.2, 0.25) is 0 Å². The molecule has 4 nitrogen and oxygen atoms in total. The van der Waals surface area contributed by atoms with E-state index in [1.807, 2.05) is 6.92 Å². The Balaban J connectivity index is 1.61. The van der Waals surface area contributed by atoms with Crippen LogP contribution in [0.1, 0.15) is 47.0 Å². The second-order valence-corrected chi connectivity index (χ2v) is 9.09. The normalized spacial score (nSPS) is 50.7. The van der Waals surface area contributed by atoms with Crippen molar-refractivity contribution < 1.29 is 19.1 Å². The van der Waals surface area contributed by atoms with E-state index in [4.69, 9.17) is 9.47 Å². The van der Waals surface area contributed by atoms with Crippen LogP contribution in [-0.4, -0.2) is 29.6 Å². The number of esters is 1. The van der Waals surface area contributed by atoms with Gasteiger partial charge in [-0.25, -0.2) is 4.79 Å². The van der Waals surface area contributed by atoms with Gasteiger partial charge in [-0.1, -0.05) is 26.8 Å². The molecule has 128 valence electrons. The molecular weight excluding hydrogens is 304 g/mol. The second kappa shape index (κ2) is 4.04. The summed E-state index contributed by atoms with van der Waals surface area (Å²) in [5.41, 5.74) is 1.27. The van der Waals surface area contributed by atoms with Crippen LogP contribution < -0.4 is 0 Å². The Morgan fingerprint density at radius 2 is 1.92 bits per heavy atom. The molecule has 3 aliphatic carbocycles. The molecule has 6 atom stereocenters. The molecule has 0 radical (unpaired) electrons. The first-order valence-electron chi connectivity index (χ1n) is 9.05. The first-order valence-corrected chi connectivity index (χ1v) is 9.05. The maximum atomic E-state index is 12.4. The van der Waals surface area contributed by atoms with Gasteiger partial charge in [0.15, 0.2) is 5.78 Å². The van der Waals surface area contributed by atoms with Crippen molar-refractivity contribution in [1.29, 1.82) is 0 Å². The molecule has 2 saturated carbocycles. The van der Waals surface area contributed by atoms with Gasteiger partial charge >= 0.3 is 5.97 Å². The number of ketones is 1. The summed E-state index contributed by atoms with van der Waals surface area (Å²) in [4.78, 5) is 24.5. The molecule has 0 aromatic rings. The van der Waals surface area contributed by atoms with Crippen molar-refractivity contribution in [1.82, 2.24) is 0 Å². The molecule has 4 heteroatoms. The Hall–Kier alpha value is -1.42. The Morgan fingerprint density at radius 3 is 2.67 bits per heavy atom. The van der Waals surface area contributed by atoms with Crippen LogP contribution in [-0.2, 0) is 19.1 Å². The fraction of sp³-hybridized carbons (Fsp3) is 0.700. The Kier molecular flexibility index (Phi) is 2.50. The van der Waals surface area contributed by atoms with Crippen molar-refractivity contribution in [2.45, 2.75) is 64.8 Å². The molecule has 0 N–H and O–H groups in total. The fourth-order valence-corrected chi connectivity index (χ4v) is 6.45. The molecule has 24 heavy (non-hydrogen) atoms. The molecular formula is C20H24O4. The highest BCUT2D eigenvalue weighted by Gasteiger charge is 2.75. The summed E-state index contributed by atoms with van der Waals surface area (Å²) < 4.78 is 11.9. The van der Waals surface area contributed by atoms with Crippen LogP contribution >= 0.6 is 0 Å². The van der Waals surface area contributed by atoms with Crippen LogP contribution in [0.4, 0.5) is 0 Å². The minimum atomic E-state index is -0.339. The zero-order chi connectivity index (χ0) is 17.1. The molecule has 0 aromatic heterocycles. The number of allylic oxidation sites excluding steroid dienone is 2. The maximum Gasteiger partial charge on any atom is 0.334 e. The van der Waals surface area contributed by atoms with Gasteiger partial charge in [0.25, 0.3) is 0 Å². The molecule has 2 aliphatic heterocycles. The number of hydrogen-bond donors (Lipinski definition) is 0. The van der Waals surface area contributed by atoms with Crippen LogP contribution in [0.15, 0.2) is 23.3 Å². The smallest absolute Gasteiger partial charge is 0.334 e. The molecule has 0 amide bonds. The van der Waals surface area contributed by atoms with E-state index in [0.717, 1.165) is 30.4 Å². The van der Waals surface area contributed by atoms with Gasteiger partial charge < -0.3 is 9.47 Å². The Morgan fingerprint density at radius 1 is 1.17 bits per heavy atom. The summed E-state index contributed by atoms with van der Waals surface area (Å²) in [5.74, 6) is 0.654. The third-order valence-electron chi connectivity index (χ3n) is 7.81. The van der Waals surface area contributed by atoms with E-state index in [2.05, 4.69) is 26.8 Å². The van der Waals surface area contributed by atoms with Gasteiger partial charge in [0.05, 0.1) is 0 Å². The molecule has 0 aromatic carbocycles. The average Bonchev–Trinajstić information content (AvgIpc) is 3.16. The average molecular weight is 328 g/mol. The molecule has 5 aliphatic rings. The summed E-state index contributed by atoms with van der Waals surface area (Å²) in [5, 5.41) is 0. The SMILES string of the molecule is CC1=C2[C@H](C[C@H]3[C@]4(C)C=CC(=O)C(C)(C)[C@H]4CC[C@]34O[C@H]24)OC1=O. The largest absolute Gasteiger partial charge is 0.454 e. The first-order chi connectivity index (χ1) is 11.2. The lowest BCUT2D eigenvalue weighted by molar-refractivity contribution is -0.144. The van der Waals surface area contributed by atoms with Crippen LogP contribution in [0, 0.1) is 22.7 Å². The van der Waals surface area contributed by atoms with E-state index < -0.39 is 0 Å². The van der Waals surface area contributed by atoms with E-state index in [0.29, 0.717) is 11.8 Å². The van der Waals surface area contributed by atoms with Crippen LogP contribution in [0.25, 0.3) is 0 Å². The monoisotopic (exact) mass is 328 g/mol. The zero-order valence-corrected chi connectivity index (χ0v) is 14.7. The van der Waals surface area contributed by atoms with E-state index >= 15 is 0 Å². The van der Waals surface area contributed by atoms with Crippen molar-refractivity contribution in [3.8, 4) is 0 Å². The van der Waals surface area contributed by atoms with Crippen LogP contribution in [0.5, 0.6) is 0 Å². The summed E-state index contributed by atoms with van der Waals surface area (Å²) in [6.45, 7) is 8.31.